The molecule has 1 fully saturated rings. The van der Waals surface area contributed by atoms with Crippen molar-refractivity contribution in [2.75, 3.05) is 0 Å². The largest absolute Gasteiger partial charge is 0.417 e. The summed E-state index contributed by atoms with van der Waals surface area (Å²) >= 11 is 0. The van der Waals surface area contributed by atoms with Crippen molar-refractivity contribution in [3.05, 3.63) is 59.4 Å². The Balaban J connectivity index is 1.79. The minimum absolute atomic E-state index is 0.0251. The molecule has 0 heterocycles. The highest BCUT2D eigenvalue weighted by molar-refractivity contribution is 5.68. The van der Waals surface area contributed by atoms with Crippen molar-refractivity contribution in [3.63, 3.8) is 0 Å². The van der Waals surface area contributed by atoms with Crippen molar-refractivity contribution in [1.82, 2.24) is 0 Å². The highest BCUT2D eigenvalue weighted by atomic mass is 19.4. The normalized spacial score (nSPS) is 21.0. The van der Waals surface area contributed by atoms with Gasteiger partial charge in [0.2, 0.25) is 0 Å². The zero-order valence-electron chi connectivity index (χ0n) is 15.0. The Bertz CT molecular complexity index is 723. The molecule has 0 aliphatic heterocycles. The van der Waals surface area contributed by atoms with E-state index in [4.69, 9.17) is 0 Å². The topological polar surface area (TPSA) is 0 Å². The van der Waals surface area contributed by atoms with Crippen LogP contribution >= 0.6 is 0 Å². The summed E-state index contributed by atoms with van der Waals surface area (Å²) in [5.41, 5.74) is 0.766. The Morgan fingerprint density at radius 2 is 1.58 bits per heavy atom. The minimum atomic E-state index is -4.58. The average molecular weight is 364 g/mol. The molecule has 4 heteroatoms. The number of halogens is 4. The van der Waals surface area contributed by atoms with Crippen LogP contribution in [0.3, 0.4) is 0 Å². The summed E-state index contributed by atoms with van der Waals surface area (Å²) in [6.07, 6.45) is 2.70. The SMILES string of the molecule is CCCC1CCC(c2ccc(-c3ccc(F)cc3C(F)(F)F)cc2)CC1. The van der Waals surface area contributed by atoms with Crippen molar-refractivity contribution in [2.45, 2.75) is 57.5 Å². The first-order valence-corrected chi connectivity index (χ1v) is 9.35. The molecule has 1 aliphatic carbocycles. The van der Waals surface area contributed by atoms with Crippen LogP contribution in [-0.4, -0.2) is 0 Å². The second-order valence-electron chi connectivity index (χ2n) is 7.32. The number of hydrogen-bond acceptors (Lipinski definition) is 0. The average Bonchev–Trinajstić information content (AvgIpc) is 2.62. The first-order chi connectivity index (χ1) is 12.4. The van der Waals surface area contributed by atoms with Crippen LogP contribution in [0.5, 0.6) is 0 Å². The third-order valence-electron chi connectivity index (χ3n) is 5.52. The van der Waals surface area contributed by atoms with E-state index >= 15 is 0 Å². The zero-order valence-corrected chi connectivity index (χ0v) is 15.0. The van der Waals surface area contributed by atoms with Gasteiger partial charge >= 0.3 is 6.18 Å². The van der Waals surface area contributed by atoms with Crippen LogP contribution in [0.15, 0.2) is 42.5 Å². The third-order valence-corrected chi connectivity index (χ3v) is 5.52. The molecule has 0 bridgehead atoms. The second-order valence-corrected chi connectivity index (χ2v) is 7.32. The summed E-state index contributed by atoms with van der Waals surface area (Å²) in [5, 5.41) is 0. The van der Waals surface area contributed by atoms with Crippen molar-refractivity contribution in [3.8, 4) is 11.1 Å². The van der Waals surface area contributed by atoms with Gasteiger partial charge in [-0.05, 0) is 66.3 Å². The van der Waals surface area contributed by atoms with Crippen molar-refractivity contribution in [2.24, 2.45) is 5.92 Å². The highest BCUT2D eigenvalue weighted by Crippen LogP contribution is 2.40. The lowest BCUT2D eigenvalue weighted by atomic mass is 9.77. The van der Waals surface area contributed by atoms with Gasteiger partial charge in [0, 0.05) is 0 Å². The molecule has 0 saturated heterocycles. The van der Waals surface area contributed by atoms with Crippen LogP contribution < -0.4 is 0 Å². The summed E-state index contributed by atoms with van der Waals surface area (Å²) in [6, 6.07) is 10.2. The Hall–Kier alpha value is -1.84. The molecule has 1 aliphatic rings. The van der Waals surface area contributed by atoms with Gasteiger partial charge < -0.3 is 0 Å². The van der Waals surface area contributed by atoms with E-state index < -0.39 is 17.6 Å². The Morgan fingerprint density at radius 1 is 0.923 bits per heavy atom. The van der Waals surface area contributed by atoms with Crippen molar-refractivity contribution < 1.29 is 17.6 Å². The molecule has 0 unspecified atom stereocenters. The van der Waals surface area contributed by atoms with Crippen LogP contribution in [0.1, 0.15) is 62.5 Å². The van der Waals surface area contributed by atoms with Gasteiger partial charge in [-0.25, -0.2) is 4.39 Å². The highest BCUT2D eigenvalue weighted by Gasteiger charge is 2.34. The minimum Gasteiger partial charge on any atom is -0.207 e. The van der Waals surface area contributed by atoms with Gasteiger partial charge in [0.1, 0.15) is 5.82 Å². The Labute approximate surface area is 152 Å². The maximum absolute atomic E-state index is 13.3. The molecule has 0 spiro atoms. The molecular weight excluding hydrogens is 340 g/mol. The fourth-order valence-electron chi connectivity index (χ4n) is 4.13. The standard InChI is InChI=1S/C22H24F4/c1-2-3-15-4-6-16(7-5-15)17-8-10-18(11-9-17)20-13-12-19(23)14-21(20)22(24,25)26/h8-16H,2-7H2,1H3. The lowest BCUT2D eigenvalue weighted by Gasteiger charge is -2.28. The van der Waals surface area contributed by atoms with Gasteiger partial charge in [0.05, 0.1) is 5.56 Å². The van der Waals surface area contributed by atoms with Crippen LogP contribution in [0.25, 0.3) is 11.1 Å². The molecule has 3 rings (SSSR count). The van der Waals surface area contributed by atoms with Gasteiger partial charge in [-0.2, -0.15) is 13.2 Å². The molecule has 2 aromatic carbocycles. The smallest absolute Gasteiger partial charge is 0.207 e. The quantitative estimate of drug-likeness (QED) is 0.490. The molecule has 26 heavy (non-hydrogen) atoms. The first kappa shape index (κ1) is 18.9. The lowest BCUT2D eigenvalue weighted by Crippen LogP contribution is -2.13. The number of alkyl halides is 3. The van der Waals surface area contributed by atoms with E-state index in [1.54, 1.807) is 12.1 Å². The van der Waals surface area contributed by atoms with Gasteiger partial charge in [0.15, 0.2) is 0 Å². The summed E-state index contributed by atoms with van der Waals surface area (Å²) in [4.78, 5) is 0. The zero-order chi connectivity index (χ0) is 18.7. The van der Waals surface area contributed by atoms with Crippen LogP contribution in [0, 0.1) is 11.7 Å². The Kier molecular flexibility index (Phi) is 5.69. The van der Waals surface area contributed by atoms with Gasteiger partial charge in [-0.1, -0.05) is 50.1 Å². The van der Waals surface area contributed by atoms with E-state index in [2.05, 4.69) is 6.92 Å². The van der Waals surface area contributed by atoms with E-state index in [1.165, 1.54) is 37.3 Å². The molecule has 0 amide bonds. The molecule has 2 aromatic rings. The van der Waals surface area contributed by atoms with Crippen molar-refractivity contribution >= 4 is 0 Å². The molecular formula is C22H24F4. The molecule has 1 saturated carbocycles. The van der Waals surface area contributed by atoms with Gasteiger partial charge in [-0.3, -0.25) is 0 Å². The van der Waals surface area contributed by atoms with E-state index in [-0.39, 0.29) is 5.56 Å². The maximum atomic E-state index is 13.3. The van der Waals surface area contributed by atoms with E-state index in [0.29, 0.717) is 17.5 Å². The third kappa shape index (κ3) is 4.28. The summed E-state index contributed by atoms with van der Waals surface area (Å²) in [6.45, 7) is 2.22. The summed E-state index contributed by atoms with van der Waals surface area (Å²) < 4.78 is 52.9. The molecule has 140 valence electrons. The maximum Gasteiger partial charge on any atom is 0.417 e. The molecule has 0 N–H and O–H groups in total. The van der Waals surface area contributed by atoms with Crippen LogP contribution in [-0.2, 0) is 6.18 Å². The number of hydrogen-bond donors (Lipinski definition) is 0. The number of rotatable bonds is 4. The molecule has 0 aromatic heterocycles. The first-order valence-electron chi connectivity index (χ1n) is 9.35. The van der Waals surface area contributed by atoms with E-state index in [0.717, 1.165) is 24.8 Å². The lowest BCUT2D eigenvalue weighted by molar-refractivity contribution is -0.137. The number of benzene rings is 2. The predicted octanol–water partition coefficient (Wildman–Crippen LogP) is 7.59. The van der Waals surface area contributed by atoms with Crippen LogP contribution in [0.2, 0.25) is 0 Å². The fourth-order valence-corrected chi connectivity index (χ4v) is 4.13. The van der Waals surface area contributed by atoms with Crippen molar-refractivity contribution in [1.29, 1.82) is 0 Å². The Morgan fingerprint density at radius 3 is 2.15 bits per heavy atom. The second kappa shape index (κ2) is 7.81. The van der Waals surface area contributed by atoms with E-state index in [1.807, 2.05) is 12.1 Å². The van der Waals surface area contributed by atoms with Gasteiger partial charge in [-0.15, -0.1) is 0 Å². The monoisotopic (exact) mass is 364 g/mol. The molecule has 0 nitrogen and oxygen atoms in total. The molecule has 0 atom stereocenters. The summed E-state index contributed by atoms with van der Waals surface area (Å²) in [7, 11) is 0. The summed E-state index contributed by atoms with van der Waals surface area (Å²) in [5.74, 6) is 0.443. The predicted molar refractivity (Wildman–Crippen MR) is 96.4 cm³/mol. The molecule has 0 radical (unpaired) electrons. The fraction of sp³-hybridized carbons (Fsp3) is 0.455. The van der Waals surface area contributed by atoms with E-state index in [9.17, 15) is 17.6 Å². The van der Waals surface area contributed by atoms with Gasteiger partial charge in [0.25, 0.3) is 0 Å². The van der Waals surface area contributed by atoms with Crippen LogP contribution in [0.4, 0.5) is 17.6 Å².